The van der Waals surface area contributed by atoms with Gasteiger partial charge in [0.1, 0.15) is 0 Å². The molecule has 1 N–H and O–H groups in total. The van der Waals surface area contributed by atoms with Crippen LogP contribution in [0.2, 0.25) is 5.02 Å². The number of halogens is 1. The molecule has 1 amide bonds. The van der Waals surface area contributed by atoms with Crippen molar-refractivity contribution in [2.45, 2.75) is 26.7 Å². The van der Waals surface area contributed by atoms with Gasteiger partial charge in [0.05, 0.1) is 31.0 Å². The number of carbonyl (C=O) groups is 2. The van der Waals surface area contributed by atoms with Gasteiger partial charge in [0.25, 0.3) is 11.5 Å². The van der Waals surface area contributed by atoms with Crippen molar-refractivity contribution >= 4 is 34.9 Å². The topological polar surface area (TPSA) is 103 Å². The Labute approximate surface area is 219 Å². The maximum absolute atomic E-state index is 13.4. The number of nitrogens with zero attached hydrogens (tertiary/aromatic N) is 3. The van der Waals surface area contributed by atoms with Crippen molar-refractivity contribution in [3.05, 3.63) is 75.7 Å². The fourth-order valence-corrected chi connectivity index (χ4v) is 4.38. The Kier molecular flexibility index (Phi) is 8.45. The molecule has 0 spiro atoms. The maximum Gasteiger partial charge on any atom is 0.310 e. The second-order valence-corrected chi connectivity index (χ2v) is 8.99. The minimum Gasteiger partial charge on any atom is -0.490 e. The number of anilines is 2. The van der Waals surface area contributed by atoms with E-state index >= 15 is 0 Å². The fourth-order valence-electron chi connectivity index (χ4n) is 4.26. The van der Waals surface area contributed by atoms with Crippen LogP contribution >= 0.6 is 11.6 Å². The zero-order chi connectivity index (χ0) is 26.4. The van der Waals surface area contributed by atoms with E-state index in [1.807, 2.05) is 6.92 Å². The number of amides is 1. The van der Waals surface area contributed by atoms with Crippen molar-refractivity contribution < 1.29 is 19.1 Å². The SMILES string of the molecule is CCOC(=O)[C@@H]1CCCN(C(=O)c2cccc(Nc3c(OCC)cnn(-c4ccc(Cl)cc4)c3=O)c2)C1. The number of nitrogens with one attached hydrogen (secondary N) is 1. The molecule has 37 heavy (non-hydrogen) atoms. The van der Waals surface area contributed by atoms with Crippen LogP contribution in [0.5, 0.6) is 5.75 Å². The number of rotatable bonds is 8. The number of carbonyl (C=O) groups excluding carboxylic acids is 2. The third-order valence-corrected chi connectivity index (χ3v) is 6.27. The van der Waals surface area contributed by atoms with Crippen molar-refractivity contribution in [3.8, 4) is 11.4 Å². The molecule has 0 radical (unpaired) electrons. The van der Waals surface area contributed by atoms with Crippen LogP contribution in [-0.4, -0.2) is 52.9 Å². The summed E-state index contributed by atoms with van der Waals surface area (Å²) in [4.78, 5) is 40.5. The second-order valence-electron chi connectivity index (χ2n) is 8.56. The van der Waals surface area contributed by atoms with E-state index < -0.39 is 5.56 Å². The lowest BCUT2D eigenvalue weighted by molar-refractivity contribution is -0.149. The molecule has 0 aliphatic carbocycles. The lowest BCUT2D eigenvalue weighted by Crippen LogP contribution is -2.42. The smallest absolute Gasteiger partial charge is 0.310 e. The molecule has 1 aliphatic heterocycles. The van der Waals surface area contributed by atoms with E-state index in [0.717, 1.165) is 6.42 Å². The van der Waals surface area contributed by atoms with Crippen LogP contribution in [-0.2, 0) is 9.53 Å². The van der Waals surface area contributed by atoms with Crippen LogP contribution in [0, 0.1) is 5.92 Å². The van der Waals surface area contributed by atoms with Gasteiger partial charge in [-0.2, -0.15) is 9.78 Å². The van der Waals surface area contributed by atoms with Crippen LogP contribution in [0.3, 0.4) is 0 Å². The molecule has 3 aromatic rings. The number of ether oxygens (including phenoxy) is 2. The Morgan fingerprint density at radius 1 is 1.14 bits per heavy atom. The fraction of sp³-hybridized carbons (Fsp3) is 0.333. The quantitative estimate of drug-likeness (QED) is 0.434. The van der Waals surface area contributed by atoms with Crippen molar-refractivity contribution in [2.24, 2.45) is 5.92 Å². The highest BCUT2D eigenvalue weighted by molar-refractivity contribution is 6.30. The Bertz CT molecular complexity index is 1330. The van der Waals surface area contributed by atoms with Gasteiger partial charge in [-0.25, -0.2) is 0 Å². The van der Waals surface area contributed by atoms with Gasteiger partial charge in [0.2, 0.25) is 0 Å². The number of piperidine rings is 1. The van der Waals surface area contributed by atoms with Crippen molar-refractivity contribution in [1.29, 1.82) is 0 Å². The average molecular weight is 525 g/mol. The van der Waals surface area contributed by atoms with Crippen LogP contribution in [0.15, 0.2) is 59.5 Å². The Morgan fingerprint density at radius 2 is 1.92 bits per heavy atom. The summed E-state index contributed by atoms with van der Waals surface area (Å²) in [5.41, 5.74) is 1.30. The first kappa shape index (κ1) is 26.2. The van der Waals surface area contributed by atoms with E-state index in [-0.39, 0.29) is 23.5 Å². The maximum atomic E-state index is 13.4. The van der Waals surface area contributed by atoms with Crippen molar-refractivity contribution in [2.75, 3.05) is 31.6 Å². The van der Waals surface area contributed by atoms with Gasteiger partial charge in [0.15, 0.2) is 11.4 Å². The highest BCUT2D eigenvalue weighted by atomic mass is 35.5. The van der Waals surface area contributed by atoms with Crippen LogP contribution < -0.4 is 15.6 Å². The zero-order valence-corrected chi connectivity index (χ0v) is 21.5. The van der Waals surface area contributed by atoms with Gasteiger partial charge in [-0.15, -0.1) is 0 Å². The van der Waals surface area contributed by atoms with E-state index in [1.165, 1.54) is 10.9 Å². The zero-order valence-electron chi connectivity index (χ0n) is 20.8. The third kappa shape index (κ3) is 6.11. The molecule has 0 saturated carbocycles. The third-order valence-electron chi connectivity index (χ3n) is 6.02. The predicted molar refractivity (Wildman–Crippen MR) is 141 cm³/mol. The molecule has 4 rings (SSSR count). The van der Waals surface area contributed by atoms with Crippen LogP contribution in [0.25, 0.3) is 5.69 Å². The average Bonchev–Trinajstić information content (AvgIpc) is 2.91. The molecule has 0 unspecified atom stereocenters. The summed E-state index contributed by atoms with van der Waals surface area (Å²) in [6.07, 6.45) is 2.90. The lowest BCUT2D eigenvalue weighted by atomic mass is 9.97. The number of likely N-dealkylation sites (tertiary alicyclic amines) is 1. The highest BCUT2D eigenvalue weighted by Gasteiger charge is 2.30. The monoisotopic (exact) mass is 524 g/mol. The first-order valence-corrected chi connectivity index (χ1v) is 12.6. The molecule has 1 aromatic heterocycles. The summed E-state index contributed by atoms with van der Waals surface area (Å²) in [5.74, 6) is -0.483. The Morgan fingerprint density at radius 3 is 2.65 bits per heavy atom. The first-order valence-electron chi connectivity index (χ1n) is 12.2. The highest BCUT2D eigenvalue weighted by Crippen LogP contribution is 2.26. The molecule has 194 valence electrons. The van der Waals surface area contributed by atoms with E-state index in [9.17, 15) is 14.4 Å². The van der Waals surface area contributed by atoms with Crippen LogP contribution in [0.4, 0.5) is 11.4 Å². The standard InChI is InChI=1S/C27H29ClN4O5/c1-3-36-23-16-29-32(22-12-10-20(28)11-13-22)26(34)24(23)30-21-9-5-7-18(15-21)25(33)31-14-6-8-19(17-31)27(35)37-4-2/h5,7,9-13,15-16,19,30H,3-4,6,8,14,17H2,1-2H3/t19-/m1/s1. The molecule has 9 nitrogen and oxygen atoms in total. The molecule has 10 heteroatoms. The molecule has 1 saturated heterocycles. The largest absolute Gasteiger partial charge is 0.490 e. The van der Waals surface area contributed by atoms with E-state index in [1.54, 1.807) is 60.4 Å². The summed E-state index contributed by atoms with van der Waals surface area (Å²) in [6, 6.07) is 13.6. The molecular formula is C27H29ClN4O5. The van der Waals surface area contributed by atoms with Crippen LogP contribution in [0.1, 0.15) is 37.0 Å². The minimum absolute atomic E-state index is 0.184. The molecule has 1 atom stereocenters. The van der Waals surface area contributed by atoms with Gasteiger partial charge in [-0.3, -0.25) is 14.4 Å². The number of esters is 1. The van der Waals surface area contributed by atoms with Gasteiger partial charge in [0, 0.05) is 29.4 Å². The summed E-state index contributed by atoms with van der Waals surface area (Å²) < 4.78 is 12.0. The van der Waals surface area contributed by atoms with E-state index in [0.29, 0.717) is 60.4 Å². The van der Waals surface area contributed by atoms with Gasteiger partial charge in [-0.1, -0.05) is 17.7 Å². The molecular weight excluding hydrogens is 496 g/mol. The van der Waals surface area contributed by atoms with Gasteiger partial charge >= 0.3 is 5.97 Å². The second kappa shape index (κ2) is 11.9. The number of aromatic nitrogens is 2. The Hall–Kier alpha value is -3.85. The summed E-state index contributed by atoms with van der Waals surface area (Å²) >= 11 is 5.98. The van der Waals surface area contributed by atoms with Crippen molar-refractivity contribution in [3.63, 3.8) is 0 Å². The Balaban J connectivity index is 1.60. The van der Waals surface area contributed by atoms with E-state index in [4.69, 9.17) is 21.1 Å². The molecule has 0 bridgehead atoms. The number of hydrogen-bond acceptors (Lipinski definition) is 7. The van der Waals surface area contributed by atoms with E-state index in [2.05, 4.69) is 10.4 Å². The van der Waals surface area contributed by atoms with Gasteiger partial charge in [-0.05, 0) is 69.2 Å². The first-order chi connectivity index (χ1) is 17.9. The molecule has 2 aromatic carbocycles. The predicted octanol–water partition coefficient (Wildman–Crippen LogP) is 4.44. The van der Waals surface area contributed by atoms with Gasteiger partial charge < -0.3 is 19.7 Å². The minimum atomic E-state index is -0.418. The molecule has 1 fully saturated rings. The number of hydrogen-bond donors (Lipinski definition) is 1. The summed E-state index contributed by atoms with van der Waals surface area (Å²) in [5, 5.41) is 7.90. The lowest BCUT2D eigenvalue weighted by Gasteiger charge is -2.31. The molecule has 1 aliphatic rings. The number of benzene rings is 2. The van der Waals surface area contributed by atoms with Crippen molar-refractivity contribution in [1.82, 2.24) is 14.7 Å². The normalized spacial score (nSPS) is 15.2. The summed E-state index contributed by atoms with van der Waals surface area (Å²) in [7, 11) is 0. The molecule has 2 heterocycles. The summed E-state index contributed by atoms with van der Waals surface area (Å²) in [6.45, 7) is 5.13.